The molecule has 1 aromatic carbocycles. The number of carbonyl (C=O) groups is 1. The van der Waals surface area contributed by atoms with E-state index in [1.165, 1.54) is 11.8 Å². The Hall–Kier alpha value is -1.34. The van der Waals surface area contributed by atoms with E-state index in [1.54, 1.807) is 0 Å². The topological polar surface area (TPSA) is 59.2 Å². The van der Waals surface area contributed by atoms with Crippen LogP contribution in [0.5, 0.6) is 0 Å². The number of hydrogen-bond donors (Lipinski definition) is 0. The highest BCUT2D eigenvalue weighted by Gasteiger charge is 2.21. The molecule has 2 aromatic rings. The summed E-state index contributed by atoms with van der Waals surface area (Å²) in [5.74, 6) is 0.809. The molecule has 2 rings (SSSR count). The number of aromatic nitrogens is 2. The first-order valence-electron chi connectivity index (χ1n) is 7.42. The lowest BCUT2D eigenvalue weighted by Gasteiger charge is -2.30. The van der Waals surface area contributed by atoms with Crippen LogP contribution >= 0.6 is 27.7 Å². The number of benzene rings is 1. The third kappa shape index (κ3) is 4.81. The molecule has 0 saturated carbocycles. The Labute approximate surface area is 149 Å². The highest BCUT2D eigenvalue weighted by Crippen LogP contribution is 2.25. The van der Waals surface area contributed by atoms with E-state index < -0.39 is 0 Å². The van der Waals surface area contributed by atoms with E-state index in [0.29, 0.717) is 11.1 Å². The van der Waals surface area contributed by atoms with Crippen molar-refractivity contribution in [3.8, 4) is 11.5 Å². The number of hydrogen-bond acceptors (Lipinski definition) is 5. The summed E-state index contributed by atoms with van der Waals surface area (Å²) in [4.78, 5) is 14.2. The molecule has 5 nitrogen and oxygen atoms in total. The second-order valence-electron chi connectivity index (χ2n) is 5.66. The van der Waals surface area contributed by atoms with Crippen LogP contribution in [0.2, 0.25) is 0 Å². The molecule has 124 valence electrons. The van der Waals surface area contributed by atoms with Crippen LogP contribution in [0.4, 0.5) is 0 Å². The van der Waals surface area contributed by atoms with Crippen molar-refractivity contribution in [1.82, 2.24) is 15.1 Å². The summed E-state index contributed by atoms with van der Waals surface area (Å²) in [5, 5.41) is 8.44. The minimum atomic E-state index is 0.0715. The van der Waals surface area contributed by atoms with Gasteiger partial charge in [-0.25, -0.2) is 0 Å². The fraction of sp³-hybridized carbons (Fsp3) is 0.438. The minimum absolute atomic E-state index is 0.0715. The normalized spacial score (nSPS) is 11.3. The standard InChI is InChI=1S/C16H20BrN3O2S/c1-10(2)20(11(3)4)14(21)9-23-16-19-18-15(22-16)12-6-5-7-13(17)8-12/h5-8,10-11H,9H2,1-4H3. The molecule has 0 unspecified atom stereocenters. The zero-order valence-corrected chi connectivity index (χ0v) is 16.0. The van der Waals surface area contributed by atoms with Crippen molar-refractivity contribution >= 4 is 33.6 Å². The molecule has 0 atom stereocenters. The maximum Gasteiger partial charge on any atom is 0.277 e. The molecule has 0 aliphatic rings. The summed E-state index contributed by atoms with van der Waals surface area (Å²) >= 11 is 4.68. The number of rotatable bonds is 6. The van der Waals surface area contributed by atoms with E-state index in [2.05, 4.69) is 26.1 Å². The van der Waals surface area contributed by atoms with E-state index in [1.807, 2.05) is 56.9 Å². The largest absolute Gasteiger partial charge is 0.411 e. The minimum Gasteiger partial charge on any atom is -0.411 e. The van der Waals surface area contributed by atoms with Crippen molar-refractivity contribution in [2.75, 3.05) is 5.75 Å². The second-order valence-corrected chi connectivity index (χ2v) is 7.50. The predicted molar refractivity (Wildman–Crippen MR) is 95.3 cm³/mol. The van der Waals surface area contributed by atoms with Gasteiger partial charge in [0.25, 0.3) is 5.22 Å². The van der Waals surface area contributed by atoms with E-state index in [4.69, 9.17) is 4.42 Å². The molecule has 0 fully saturated rings. The molecular weight excluding hydrogens is 378 g/mol. The smallest absolute Gasteiger partial charge is 0.277 e. The molecule has 0 spiro atoms. The van der Waals surface area contributed by atoms with E-state index >= 15 is 0 Å². The molecule has 0 aliphatic carbocycles. The third-order valence-electron chi connectivity index (χ3n) is 3.20. The van der Waals surface area contributed by atoms with Gasteiger partial charge >= 0.3 is 0 Å². The molecule has 1 aromatic heterocycles. The third-order valence-corrected chi connectivity index (χ3v) is 4.49. The maximum atomic E-state index is 12.3. The van der Waals surface area contributed by atoms with Crippen LogP contribution in [0, 0.1) is 0 Å². The lowest BCUT2D eigenvalue weighted by Crippen LogP contribution is -2.43. The summed E-state index contributed by atoms with van der Waals surface area (Å²) in [6.07, 6.45) is 0. The Kier molecular flexibility index (Phi) is 6.24. The molecule has 0 N–H and O–H groups in total. The summed E-state index contributed by atoms with van der Waals surface area (Å²) < 4.78 is 6.57. The first-order valence-corrected chi connectivity index (χ1v) is 9.19. The first-order chi connectivity index (χ1) is 10.9. The first kappa shape index (κ1) is 18.0. The van der Waals surface area contributed by atoms with Gasteiger partial charge in [-0.05, 0) is 45.9 Å². The van der Waals surface area contributed by atoms with E-state index in [-0.39, 0.29) is 23.7 Å². The van der Waals surface area contributed by atoms with Crippen LogP contribution in [-0.2, 0) is 4.79 Å². The SMILES string of the molecule is CC(C)N(C(=O)CSc1nnc(-c2cccc(Br)c2)o1)C(C)C. The van der Waals surface area contributed by atoms with E-state index in [9.17, 15) is 4.79 Å². The number of thioether (sulfide) groups is 1. The molecule has 23 heavy (non-hydrogen) atoms. The van der Waals surface area contributed by atoms with Crippen LogP contribution in [0.3, 0.4) is 0 Å². The summed E-state index contributed by atoms with van der Waals surface area (Å²) in [6.45, 7) is 8.06. The van der Waals surface area contributed by atoms with Gasteiger partial charge in [-0.3, -0.25) is 4.79 Å². The van der Waals surface area contributed by atoms with Crippen molar-refractivity contribution in [3.05, 3.63) is 28.7 Å². The Morgan fingerprint density at radius 3 is 2.57 bits per heavy atom. The van der Waals surface area contributed by atoms with E-state index in [0.717, 1.165) is 10.0 Å². The van der Waals surface area contributed by atoms with Gasteiger partial charge < -0.3 is 9.32 Å². The predicted octanol–water partition coefficient (Wildman–Crippen LogP) is 4.24. The van der Waals surface area contributed by atoms with Gasteiger partial charge in [-0.1, -0.05) is 33.8 Å². The fourth-order valence-corrected chi connectivity index (χ4v) is 3.41. The monoisotopic (exact) mass is 397 g/mol. The fourth-order valence-electron chi connectivity index (χ4n) is 2.38. The summed E-state index contributed by atoms with van der Waals surface area (Å²) in [6, 6.07) is 7.98. The lowest BCUT2D eigenvalue weighted by atomic mass is 10.2. The quantitative estimate of drug-likeness (QED) is 0.682. The van der Waals surface area contributed by atoms with Crippen molar-refractivity contribution in [3.63, 3.8) is 0 Å². The van der Waals surface area contributed by atoms with Gasteiger partial charge in [0.1, 0.15) is 0 Å². The number of halogens is 1. The Morgan fingerprint density at radius 1 is 1.26 bits per heavy atom. The van der Waals surface area contributed by atoms with Crippen LogP contribution in [0.1, 0.15) is 27.7 Å². The van der Waals surface area contributed by atoms with Crippen LogP contribution < -0.4 is 0 Å². The van der Waals surface area contributed by atoms with Crippen molar-refractivity contribution < 1.29 is 9.21 Å². The molecule has 0 bridgehead atoms. The van der Waals surface area contributed by atoms with Crippen LogP contribution in [0.25, 0.3) is 11.5 Å². The average Bonchev–Trinajstić information content (AvgIpc) is 2.93. The molecule has 1 amide bonds. The number of carbonyl (C=O) groups excluding carboxylic acids is 1. The summed E-state index contributed by atoms with van der Waals surface area (Å²) in [5.41, 5.74) is 0.844. The van der Waals surface area contributed by atoms with Gasteiger partial charge in [-0.2, -0.15) is 0 Å². The van der Waals surface area contributed by atoms with Crippen molar-refractivity contribution in [1.29, 1.82) is 0 Å². The Balaban J connectivity index is 2.01. The molecule has 0 radical (unpaired) electrons. The molecule has 0 aliphatic heterocycles. The highest BCUT2D eigenvalue weighted by atomic mass is 79.9. The van der Waals surface area contributed by atoms with Gasteiger partial charge in [0.2, 0.25) is 11.8 Å². The van der Waals surface area contributed by atoms with Crippen LogP contribution in [0.15, 0.2) is 38.4 Å². The summed E-state index contributed by atoms with van der Waals surface area (Å²) in [7, 11) is 0. The van der Waals surface area contributed by atoms with Gasteiger partial charge in [-0.15, -0.1) is 10.2 Å². The second kappa shape index (κ2) is 7.97. The maximum absolute atomic E-state index is 12.3. The highest BCUT2D eigenvalue weighted by molar-refractivity contribution is 9.10. The Morgan fingerprint density at radius 2 is 1.96 bits per heavy atom. The molecule has 7 heteroatoms. The average molecular weight is 398 g/mol. The van der Waals surface area contributed by atoms with Gasteiger partial charge in [0.05, 0.1) is 5.75 Å². The zero-order valence-electron chi connectivity index (χ0n) is 13.6. The Bertz CT molecular complexity index is 665. The number of amides is 1. The molecular formula is C16H20BrN3O2S. The van der Waals surface area contributed by atoms with Gasteiger partial charge in [0, 0.05) is 22.1 Å². The number of nitrogens with zero attached hydrogens (tertiary/aromatic N) is 3. The van der Waals surface area contributed by atoms with Crippen LogP contribution in [-0.4, -0.2) is 38.8 Å². The molecule has 0 saturated heterocycles. The van der Waals surface area contributed by atoms with Crippen molar-refractivity contribution in [2.24, 2.45) is 0 Å². The van der Waals surface area contributed by atoms with Crippen molar-refractivity contribution in [2.45, 2.75) is 45.0 Å². The van der Waals surface area contributed by atoms with Gasteiger partial charge in [0.15, 0.2) is 0 Å². The molecule has 1 heterocycles. The zero-order chi connectivity index (χ0) is 17.0. The lowest BCUT2D eigenvalue weighted by molar-refractivity contribution is -0.131.